The molecule has 0 aromatic heterocycles. The van der Waals surface area contributed by atoms with Gasteiger partial charge in [-0.2, -0.15) is 14.0 Å². The van der Waals surface area contributed by atoms with Crippen LogP contribution in [0.15, 0.2) is 16.6 Å². The number of benzene rings is 1. The number of carbonyl (C=O) groups is 1. The largest absolute Gasteiger partial charge is 0.462 e. The molecule has 7 heteroatoms. The number of ether oxygens (including phenoxy) is 2. The van der Waals surface area contributed by atoms with Crippen molar-refractivity contribution in [2.75, 3.05) is 6.61 Å². The third-order valence-corrected chi connectivity index (χ3v) is 2.33. The summed E-state index contributed by atoms with van der Waals surface area (Å²) in [5.41, 5.74) is -0.393. The number of esters is 1. The Morgan fingerprint density at radius 2 is 2.22 bits per heavy atom. The van der Waals surface area contributed by atoms with Crippen LogP contribution >= 0.6 is 15.9 Å². The van der Waals surface area contributed by atoms with Crippen molar-refractivity contribution in [3.8, 4) is 11.8 Å². The topological polar surface area (TPSA) is 59.3 Å². The van der Waals surface area contributed by atoms with Crippen molar-refractivity contribution < 1.29 is 23.0 Å². The van der Waals surface area contributed by atoms with Crippen LogP contribution in [-0.4, -0.2) is 19.2 Å². The summed E-state index contributed by atoms with van der Waals surface area (Å²) < 4.78 is 33.9. The molecule has 0 radical (unpaired) electrons. The maximum Gasteiger partial charge on any atom is 0.387 e. The lowest BCUT2D eigenvalue weighted by Gasteiger charge is -2.12. The highest BCUT2D eigenvalue weighted by Gasteiger charge is 2.21. The number of hydrogen-bond acceptors (Lipinski definition) is 4. The van der Waals surface area contributed by atoms with Gasteiger partial charge in [-0.3, -0.25) is 0 Å². The van der Waals surface area contributed by atoms with Gasteiger partial charge in [-0.25, -0.2) is 4.79 Å². The van der Waals surface area contributed by atoms with Crippen LogP contribution in [0.1, 0.15) is 22.8 Å². The molecule has 0 fully saturated rings. The van der Waals surface area contributed by atoms with Gasteiger partial charge in [0, 0.05) is 4.47 Å². The highest BCUT2D eigenvalue weighted by Crippen LogP contribution is 2.30. The first-order valence-corrected chi connectivity index (χ1v) is 5.64. The predicted octanol–water partition coefficient (Wildman–Crippen LogP) is 3.10. The molecule has 1 aromatic carbocycles. The molecule has 18 heavy (non-hydrogen) atoms. The highest BCUT2D eigenvalue weighted by atomic mass is 79.9. The fourth-order valence-electron chi connectivity index (χ4n) is 1.25. The summed E-state index contributed by atoms with van der Waals surface area (Å²) in [5.74, 6) is -1.31. The van der Waals surface area contributed by atoms with Crippen molar-refractivity contribution in [3.05, 3.63) is 27.7 Å². The molecular weight excluding hydrogens is 312 g/mol. The van der Waals surface area contributed by atoms with E-state index in [1.807, 2.05) is 0 Å². The second kappa shape index (κ2) is 6.31. The Morgan fingerprint density at radius 3 is 2.72 bits per heavy atom. The minimum Gasteiger partial charge on any atom is -0.462 e. The summed E-state index contributed by atoms with van der Waals surface area (Å²) >= 11 is 3.07. The average molecular weight is 320 g/mol. The molecule has 96 valence electrons. The van der Waals surface area contributed by atoms with E-state index in [1.54, 1.807) is 13.0 Å². The van der Waals surface area contributed by atoms with E-state index in [4.69, 9.17) is 10.00 Å². The molecular formula is C11H8BrF2NO3. The molecule has 0 spiro atoms. The first-order chi connectivity index (χ1) is 8.49. The van der Waals surface area contributed by atoms with Crippen LogP contribution in [0.25, 0.3) is 0 Å². The molecule has 0 amide bonds. The number of alkyl halides is 2. The summed E-state index contributed by atoms with van der Waals surface area (Å²) in [5, 5.41) is 8.84. The zero-order chi connectivity index (χ0) is 13.7. The van der Waals surface area contributed by atoms with Gasteiger partial charge in [-0.15, -0.1) is 0 Å². The van der Waals surface area contributed by atoms with E-state index in [2.05, 4.69) is 20.7 Å². The Kier molecular flexibility index (Phi) is 5.04. The smallest absolute Gasteiger partial charge is 0.387 e. The number of nitrogens with zero attached hydrogens (tertiary/aromatic N) is 1. The Hall–Kier alpha value is -1.68. The first kappa shape index (κ1) is 14.4. The summed E-state index contributed by atoms with van der Waals surface area (Å²) in [6, 6.07) is 4.22. The van der Waals surface area contributed by atoms with Crippen molar-refractivity contribution >= 4 is 21.9 Å². The van der Waals surface area contributed by atoms with Crippen molar-refractivity contribution in [1.82, 2.24) is 0 Å². The van der Waals surface area contributed by atoms with E-state index in [0.29, 0.717) is 4.47 Å². The van der Waals surface area contributed by atoms with Crippen molar-refractivity contribution in [3.63, 3.8) is 0 Å². The monoisotopic (exact) mass is 319 g/mol. The van der Waals surface area contributed by atoms with Gasteiger partial charge in [0.05, 0.1) is 12.2 Å². The number of hydrogen-bond donors (Lipinski definition) is 0. The second-order valence-electron chi connectivity index (χ2n) is 3.04. The van der Waals surface area contributed by atoms with Gasteiger partial charge in [0.1, 0.15) is 11.6 Å². The van der Waals surface area contributed by atoms with Crippen LogP contribution in [-0.2, 0) is 4.74 Å². The van der Waals surface area contributed by atoms with E-state index < -0.39 is 18.3 Å². The molecule has 0 saturated heterocycles. The minimum atomic E-state index is -3.13. The van der Waals surface area contributed by atoms with E-state index in [-0.39, 0.29) is 17.7 Å². The van der Waals surface area contributed by atoms with Crippen LogP contribution in [0.2, 0.25) is 0 Å². The van der Waals surface area contributed by atoms with Crippen LogP contribution in [0, 0.1) is 11.3 Å². The Labute approximate surface area is 110 Å². The lowest BCUT2D eigenvalue weighted by Crippen LogP contribution is -2.12. The number of nitriles is 1. The standard InChI is InChI=1S/C11H8BrF2NO3/c1-2-17-10(16)8-4-7(12)3-6(5-15)9(8)18-11(13)14/h3-4,11H,2H2,1H3. The van der Waals surface area contributed by atoms with Gasteiger partial charge in [0.2, 0.25) is 0 Å². The molecule has 0 aliphatic rings. The molecule has 0 atom stereocenters. The SMILES string of the molecule is CCOC(=O)c1cc(Br)cc(C#N)c1OC(F)F. The predicted molar refractivity (Wildman–Crippen MR) is 61.4 cm³/mol. The van der Waals surface area contributed by atoms with Gasteiger partial charge < -0.3 is 9.47 Å². The average Bonchev–Trinajstić information content (AvgIpc) is 2.30. The fourth-order valence-corrected chi connectivity index (χ4v) is 1.71. The quantitative estimate of drug-likeness (QED) is 0.800. The zero-order valence-corrected chi connectivity index (χ0v) is 10.8. The van der Waals surface area contributed by atoms with Gasteiger partial charge in [0.15, 0.2) is 5.75 Å². The van der Waals surface area contributed by atoms with Crippen LogP contribution < -0.4 is 4.74 Å². The lowest BCUT2D eigenvalue weighted by molar-refractivity contribution is -0.0506. The fraction of sp³-hybridized carbons (Fsp3) is 0.273. The van der Waals surface area contributed by atoms with Gasteiger partial charge in [0.25, 0.3) is 0 Å². The normalized spacial score (nSPS) is 10.0. The molecule has 0 N–H and O–H groups in total. The number of rotatable bonds is 4. The van der Waals surface area contributed by atoms with Crippen molar-refractivity contribution in [2.24, 2.45) is 0 Å². The number of halogens is 3. The molecule has 1 aromatic rings. The second-order valence-corrected chi connectivity index (χ2v) is 3.96. The molecule has 0 saturated carbocycles. The van der Waals surface area contributed by atoms with E-state index in [1.165, 1.54) is 12.1 Å². The minimum absolute atomic E-state index is 0.0847. The number of carbonyl (C=O) groups excluding carboxylic acids is 1. The van der Waals surface area contributed by atoms with Crippen molar-refractivity contribution in [2.45, 2.75) is 13.5 Å². The Balaban J connectivity index is 3.33. The van der Waals surface area contributed by atoms with Gasteiger partial charge in [-0.1, -0.05) is 15.9 Å². The Morgan fingerprint density at radius 1 is 1.56 bits per heavy atom. The van der Waals surface area contributed by atoms with E-state index in [9.17, 15) is 13.6 Å². The summed E-state index contributed by atoms with van der Waals surface area (Å²) in [6.07, 6.45) is 0. The molecule has 1 rings (SSSR count). The van der Waals surface area contributed by atoms with Crippen molar-refractivity contribution in [1.29, 1.82) is 5.26 Å². The molecule has 0 unspecified atom stereocenters. The maximum atomic E-state index is 12.3. The molecule has 0 aliphatic heterocycles. The molecule has 0 heterocycles. The zero-order valence-electron chi connectivity index (χ0n) is 9.25. The first-order valence-electron chi connectivity index (χ1n) is 4.85. The van der Waals surface area contributed by atoms with Gasteiger partial charge in [-0.05, 0) is 19.1 Å². The highest BCUT2D eigenvalue weighted by molar-refractivity contribution is 9.10. The van der Waals surface area contributed by atoms with Crippen LogP contribution in [0.5, 0.6) is 5.75 Å². The molecule has 0 aliphatic carbocycles. The Bertz CT molecular complexity index is 500. The van der Waals surface area contributed by atoms with E-state index in [0.717, 1.165) is 0 Å². The van der Waals surface area contributed by atoms with Crippen LogP contribution in [0.3, 0.4) is 0 Å². The van der Waals surface area contributed by atoms with Crippen LogP contribution in [0.4, 0.5) is 8.78 Å². The molecule has 0 bridgehead atoms. The summed E-state index contributed by atoms with van der Waals surface area (Å²) in [4.78, 5) is 11.6. The summed E-state index contributed by atoms with van der Waals surface area (Å²) in [6.45, 7) is -1.47. The summed E-state index contributed by atoms with van der Waals surface area (Å²) in [7, 11) is 0. The third-order valence-electron chi connectivity index (χ3n) is 1.88. The van der Waals surface area contributed by atoms with Gasteiger partial charge >= 0.3 is 12.6 Å². The third kappa shape index (κ3) is 3.40. The lowest BCUT2D eigenvalue weighted by atomic mass is 10.1. The maximum absolute atomic E-state index is 12.3. The van der Waals surface area contributed by atoms with E-state index >= 15 is 0 Å². The molecule has 4 nitrogen and oxygen atoms in total.